The Morgan fingerprint density at radius 1 is 1.28 bits per heavy atom. The zero-order chi connectivity index (χ0) is 23.5. The molecule has 32 heavy (non-hydrogen) atoms. The van der Waals surface area contributed by atoms with Gasteiger partial charge >= 0.3 is 6.18 Å². The van der Waals surface area contributed by atoms with Crippen LogP contribution in [0.4, 0.5) is 22.0 Å². The van der Waals surface area contributed by atoms with Crippen LogP contribution in [0.15, 0.2) is 30.7 Å². The minimum absolute atomic E-state index is 0.00332. The quantitative estimate of drug-likeness (QED) is 0.644. The molecule has 0 saturated carbocycles. The molecular weight excluding hydrogens is 433 g/mol. The van der Waals surface area contributed by atoms with E-state index in [1.807, 2.05) is 13.8 Å². The van der Waals surface area contributed by atoms with Crippen LogP contribution in [0.2, 0.25) is 0 Å². The van der Waals surface area contributed by atoms with Gasteiger partial charge in [0.25, 0.3) is 0 Å². The Hall–Kier alpha value is -2.69. The second kappa shape index (κ2) is 9.43. The van der Waals surface area contributed by atoms with Gasteiger partial charge in [0.2, 0.25) is 5.91 Å². The van der Waals surface area contributed by atoms with Crippen LogP contribution >= 0.6 is 0 Å². The van der Waals surface area contributed by atoms with Gasteiger partial charge in [-0.2, -0.15) is 13.2 Å². The highest BCUT2D eigenvalue weighted by Gasteiger charge is 2.47. The van der Waals surface area contributed by atoms with Gasteiger partial charge in [-0.05, 0) is 24.1 Å². The molecule has 0 bridgehead atoms. The lowest BCUT2D eigenvalue weighted by molar-refractivity contribution is -0.141. The highest BCUT2D eigenvalue weighted by Crippen LogP contribution is 2.32. The second-order valence-electron chi connectivity index (χ2n) is 8.37. The molecule has 1 saturated heterocycles. The van der Waals surface area contributed by atoms with Crippen LogP contribution in [0.3, 0.4) is 0 Å². The van der Waals surface area contributed by atoms with Gasteiger partial charge in [-0.15, -0.1) is 0 Å². The Labute approximate surface area is 182 Å². The number of carbonyl (C=O) groups is 1. The first-order valence-corrected chi connectivity index (χ1v) is 10.1. The summed E-state index contributed by atoms with van der Waals surface area (Å²) >= 11 is 0. The first-order chi connectivity index (χ1) is 15.0. The van der Waals surface area contributed by atoms with E-state index < -0.39 is 36.2 Å². The molecule has 1 amide bonds. The summed E-state index contributed by atoms with van der Waals surface area (Å²) in [5, 5.41) is 2.69. The smallest absolute Gasteiger partial charge is 0.349 e. The fraction of sp³-hybridized carbons (Fsp3) is 0.524. The van der Waals surface area contributed by atoms with Crippen molar-refractivity contribution in [3.63, 3.8) is 0 Å². The van der Waals surface area contributed by atoms with Gasteiger partial charge in [0, 0.05) is 31.3 Å². The maximum absolute atomic E-state index is 14.6. The average Bonchev–Trinajstić information content (AvgIpc) is 3.08. The second-order valence-corrected chi connectivity index (χ2v) is 8.37. The molecular formula is C21H24F5N5O. The third-order valence-corrected chi connectivity index (χ3v) is 5.15. The zero-order valence-electron chi connectivity index (χ0n) is 17.7. The van der Waals surface area contributed by atoms with Gasteiger partial charge in [-0.25, -0.2) is 18.7 Å². The first kappa shape index (κ1) is 24.0. The summed E-state index contributed by atoms with van der Waals surface area (Å²) in [6.07, 6.45) is -2.48. The monoisotopic (exact) mass is 457 g/mol. The minimum atomic E-state index is -4.54. The molecule has 3 rings (SSSR count). The number of halogens is 5. The SMILES string of the molecule is CC(C)CN1CC(F)(CF)C[C@H]1C(=O)NCc1cc(-c2ccc(C(F)(F)F)nc2)ncn1. The number of aromatic nitrogens is 3. The summed E-state index contributed by atoms with van der Waals surface area (Å²) in [5.74, 6) is -0.260. The van der Waals surface area contributed by atoms with Gasteiger partial charge in [-0.3, -0.25) is 14.7 Å². The van der Waals surface area contributed by atoms with E-state index >= 15 is 0 Å². The molecule has 2 atom stereocenters. The van der Waals surface area contributed by atoms with E-state index in [1.165, 1.54) is 18.5 Å². The summed E-state index contributed by atoms with van der Waals surface area (Å²) < 4.78 is 65.8. The standard InChI is InChI=1S/C21H24F5N5O/c1-13(2)9-31-11-20(23,10-22)6-17(31)19(32)28-8-15-5-16(30-12-29-15)14-3-4-18(27-7-14)21(24,25)26/h3-5,7,12-13,17H,6,8-11H2,1-2H3,(H,28,32)/t17-,20?/m0/s1. The van der Waals surface area contributed by atoms with E-state index in [1.54, 1.807) is 4.90 Å². The van der Waals surface area contributed by atoms with Gasteiger partial charge < -0.3 is 5.32 Å². The van der Waals surface area contributed by atoms with E-state index in [9.17, 15) is 26.7 Å². The van der Waals surface area contributed by atoms with Crippen LogP contribution in [-0.2, 0) is 17.5 Å². The summed E-state index contributed by atoms with van der Waals surface area (Å²) in [6, 6.07) is 2.84. The average molecular weight is 457 g/mol. The molecule has 11 heteroatoms. The summed E-state index contributed by atoms with van der Waals surface area (Å²) in [7, 11) is 0. The number of pyridine rings is 1. The van der Waals surface area contributed by atoms with Crippen LogP contribution < -0.4 is 5.32 Å². The fourth-order valence-corrected chi connectivity index (χ4v) is 3.69. The van der Waals surface area contributed by atoms with E-state index in [-0.39, 0.29) is 25.4 Å². The Balaban J connectivity index is 1.67. The van der Waals surface area contributed by atoms with Crippen LogP contribution in [0.5, 0.6) is 0 Å². The Morgan fingerprint density at radius 2 is 2.03 bits per heavy atom. The van der Waals surface area contributed by atoms with Gasteiger partial charge in [-0.1, -0.05) is 13.8 Å². The maximum atomic E-state index is 14.6. The largest absolute Gasteiger partial charge is 0.433 e. The molecule has 3 heterocycles. The molecule has 0 aromatic carbocycles. The fourth-order valence-electron chi connectivity index (χ4n) is 3.69. The zero-order valence-corrected chi connectivity index (χ0v) is 17.7. The third kappa shape index (κ3) is 5.76. The lowest BCUT2D eigenvalue weighted by atomic mass is 10.0. The van der Waals surface area contributed by atoms with E-state index in [4.69, 9.17) is 0 Å². The molecule has 174 valence electrons. The van der Waals surface area contributed by atoms with Gasteiger partial charge in [0.1, 0.15) is 18.7 Å². The lowest BCUT2D eigenvalue weighted by Gasteiger charge is -2.25. The summed E-state index contributed by atoms with van der Waals surface area (Å²) in [6.45, 7) is 3.04. The Bertz CT molecular complexity index is 937. The van der Waals surface area contributed by atoms with Gasteiger partial charge in [0.15, 0.2) is 5.67 Å². The first-order valence-electron chi connectivity index (χ1n) is 10.1. The van der Waals surface area contributed by atoms with Crippen molar-refractivity contribution in [1.29, 1.82) is 0 Å². The number of alkyl halides is 5. The summed E-state index contributed by atoms with van der Waals surface area (Å²) in [5.41, 5.74) is -1.95. The third-order valence-electron chi connectivity index (χ3n) is 5.15. The molecule has 1 N–H and O–H groups in total. The molecule has 1 fully saturated rings. The molecule has 0 aliphatic carbocycles. The molecule has 2 aromatic heterocycles. The molecule has 1 aliphatic rings. The molecule has 6 nitrogen and oxygen atoms in total. The van der Waals surface area contributed by atoms with E-state index in [0.717, 1.165) is 12.3 Å². The number of carbonyl (C=O) groups excluding carboxylic acids is 1. The van der Waals surface area contributed by atoms with Crippen LogP contribution in [0, 0.1) is 5.92 Å². The molecule has 2 aromatic rings. The Kier molecular flexibility index (Phi) is 7.06. The normalized spacial score (nSPS) is 21.8. The van der Waals surface area contributed by atoms with Crippen molar-refractivity contribution in [3.05, 3.63) is 42.1 Å². The van der Waals surface area contributed by atoms with Gasteiger partial charge in [0.05, 0.1) is 24.0 Å². The predicted octanol–water partition coefficient (Wildman–Crippen LogP) is 3.58. The van der Waals surface area contributed by atoms with Crippen molar-refractivity contribution in [2.24, 2.45) is 5.92 Å². The van der Waals surface area contributed by atoms with Crippen LogP contribution in [0.25, 0.3) is 11.3 Å². The Morgan fingerprint density at radius 3 is 2.62 bits per heavy atom. The minimum Gasteiger partial charge on any atom is -0.349 e. The number of nitrogens with one attached hydrogen (secondary N) is 1. The molecule has 1 aliphatic heterocycles. The molecule has 1 unspecified atom stereocenters. The lowest BCUT2D eigenvalue weighted by Crippen LogP contribution is -2.44. The van der Waals surface area contributed by atoms with Crippen molar-refractivity contribution in [2.45, 2.75) is 44.7 Å². The number of nitrogens with zero attached hydrogens (tertiary/aromatic N) is 4. The summed E-state index contributed by atoms with van der Waals surface area (Å²) in [4.78, 5) is 25.9. The topological polar surface area (TPSA) is 71.0 Å². The predicted molar refractivity (Wildman–Crippen MR) is 107 cm³/mol. The number of rotatable bonds is 7. The van der Waals surface area contributed by atoms with Crippen molar-refractivity contribution >= 4 is 5.91 Å². The highest BCUT2D eigenvalue weighted by molar-refractivity contribution is 5.82. The number of likely N-dealkylation sites (tertiary alicyclic amines) is 1. The number of hydrogen-bond acceptors (Lipinski definition) is 5. The van der Waals surface area contributed by atoms with Crippen LogP contribution in [0.1, 0.15) is 31.7 Å². The highest BCUT2D eigenvalue weighted by atomic mass is 19.4. The van der Waals surface area contributed by atoms with Crippen LogP contribution in [-0.4, -0.2) is 57.2 Å². The van der Waals surface area contributed by atoms with E-state index in [0.29, 0.717) is 23.5 Å². The van der Waals surface area contributed by atoms with E-state index in [2.05, 4.69) is 20.3 Å². The molecule has 0 radical (unpaired) electrons. The number of hydrogen-bond donors (Lipinski definition) is 1. The molecule has 0 spiro atoms. The maximum Gasteiger partial charge on any atom is 0.433 e. The van der Waals surface area contributed by atoms with Crippen molar-refractivity contribution in [1.82, 2.24) is 25.2 Å². The van der Waals surface area contributed by atoms with Crippen molar-refractivity contribution in [2.75, 3.05) is 19.8 Å². The van der Waals surface area contributed by atoms with Crippen molar-refractivity contribution < 1.29 is 26.7 Å². The van der Waals surface area contributed by atoms with Crippen molar-refractivity contribution in [3.8, 4) is 11.3 Å². The number of amides is 1.